The van der Waals surface area contributed by atoms with Crippen molar-refractivity contribution < 1.29 is 47.7 Å². The highest BCUT2D eigenvalue weighted by molar-refractivity contribution is 6.12. The van der Waals surface area contributed by atoms with Crippen molar-refractivity contribution in [1.29, 1.82) is 0 Å². The van der Waals surface area contributed by atoms with E-state index in [4.69, 9.17) is 18.9 Å². The fourth-order valence-electron chi connectivity index (χ4n) is 3.76. The van der Waals surface area contributed by atoms with Gasteiger partial charge in [0.15, 0.2) is 0 Å². The van der Waals surface area contributed by atoms with E-state index in [0.29, 0.717) is 58.2 Å². The molecule has 0 aliphatic carbocycles. The first-order valence-corrected chi connectivity index (χ1v) is 14.2. The van der Waals surface area contributed by atoms with Crippen LogP contribution < -0.4 is 21.3 Å². The van der Waals surface area contributed by atoms with E-state index >= 15 is 0 Å². The molecule has 15 nitrogen and oxygen atoms in total. The molecular weight excluding hydrogens is 554 g/mol. The lowest BCUT2D eigenvalue weighted by molar-refractivity contribution is -0.136. The van der Waals surface area contributed by atoms with Crippen molar-refractivity contribution in [2.45, 2.75) is 57.4 Å². The minimum absolute atomic E-state index is 0.0348. The molecule has 42 heavy (non-hydrogen) atoms. The molecule has 0 aromatic heterocycles. The number of nitrogens with one attached hydrogen (secondary N) is 4. The smallest absolute Gasteiger partial charge is 0.407 e. The highest BCUT2D eigenvalue weighted by atomic mass is 16.6. The molecule has 0 saturated carbocycles. The fraction of sp³-hybridized carbons (Fsp3) is 0.704. The molecule has 0 bridgehead atoms. The molecule has 0 spiro atoms. The first kappa shape index (κ1) is 36.3. The number of imide groups is 1. The highest BCUT2D eigenvalue weighted by Crippen LogP contribution is 2.08. The Bertz CT molecular complexity index is 881. The summed E-state index contributed by atoms with van der Waals surface area (Å²) < 4.78 is 19.5. The topological polar surface area (TPSA) is 191 Å². The van der Waals surface area contributed by atoms with Gasteiger partial charge in [-0.1, -0.05) is 12.8 Å². The van der Waals surface area contributed by atoms with Crippen molar-refractivity contribution in [3.8, 4) is 0 Å². The van der Waals surface area contributed by atoms with Crippen LogP contribution in [-0.4, -0.2) is 114 Å². The fourth-order valence-corrected chi connectivity index (χ4v) is 3.76. The lowest BCUT2D eigenvalue weighted by atomic mass is 10.1. The molecule has 1 aliphatic rings. The van der Waals surface area contributed by atoms with Crippen molar-refractivity contribution in [2.75, 3.05) is 66.8 Å². The Morgan fingerprint density at radius 2 is 1.33 bits per heavy atom. The Morgan fingerprint density at radius 1 is 0.714 bits per heavy atom. The molecule has 1 heterocycles. The summed E-state index contributed by atoms with van der Waals surface area (Å²) in [5, 5.41) is 10.6. The van der Waals surface area contributed by atoms with Crippen LogP contribution in [-0.2, 0) is 38.1 Å². The number of nitrogens with zero attached hydrogens (tertiary/aromatic N) is 1. The Kier molecular flexibility index (Phi) is 19.8. The maximum Gasteiger partial charge on any atom is 0.407 e. The van der Waals surface area contributed by atoms with Gasteiger partial charge in [-0.05, 0) is 32.1 Å². The third-order valence-electron chi connectivity index (χ3n) is 6.02. The van der Waals surface area contributed by atoms with E-state index in [2.05, 4.69) is 21.3 Å². The molecule has 0 aromatic rings. The third-order valence-corrected chi connectivity index (χ3v) is 6.02. The van der Waals surface area contributed by atoms with Crippen LogP contribution in [0.25, 0.3) is 0 Å². The van der Waals surface area contributed by atoms with Gasteiger partial charge in [-0.2, -0.15) is 0 Å². The van der Waals surface area contributed by atoms with Gasteiger partial charge in [0.05, 0.1) is 13.2 Å². The van der Waals surface area contributed by atoms with Crippen LogP contribution in [0.2, 0.25) is 0 Å². The van der Waals surface area contributed by atoms with Gasteiger partial charge in [0, 0.05) is 59.0 Å². The molecule has 0 saturated heterocycles. The minimum atomic E-state index is -0.869. The summed E-state index contributed by atoms with van der Waals surface area (Å²) >= 11 is 0. The number of hydrogen-bond donors (Lipinski definition) is 4. The Balaban J connectivity index is 2.26. The molecule has 0 radical (unpaired) electrons. The number of rotatable bonds is 23. The molecule has 1 rings (SSSR count). The number of amides is 6. The van der Waals surface area contributed by atoms with Gasteiger partial charge in [-0.25, -0.2) is 9.59 Å². The summed E-state index contributed by atoms with van der Waals surface area (Å²) in [4.78, 5) is 72.7. The van der Waals surface area contributed by atoms with Crippen molar-refractivity contribution in [1.82, 2.24) is 26.2 Å². The molecule has 1 aliphatic heterocycles. The summed E-state index contributed by atoms with van der Waals surface area (Å²) in [6, 6.07) is -0.869. The summed E-state index contributed by atoms with van der Waals surface area (Å²) in [6.07, 6.45) is 5.81. The van der Waals surface area contributed by atoms with Gasteiger partial charge in [-0.15, -0.1) is 0 Å². The summed E-state index contributed by atoms with van der Waals surface area (Å²) in [5.74, 6) is -1.16. The summed E-state index contributed by atoms with van der Waals surface area (Å²) in [6.45, 7) is 1.79. The van der Waals surface area contributed by atoms with E-state index in [9.17, 15) is 28.8 Å². The van der Waals surface area contributed by atoms with Crippen LogP contribution in [0, 0.1) is 0 Å². The highest BCUT2D eigenvalue weighted by Gasteiger charge is 2.22. The van der Waals surface area contributed by atoms with Crippen LogP contribution >= 0.6 is 0 Å². The van der Waals surface area contributed by atoms with Crippen LogP contribution in [0.1, 0.15) is 51.4 Å². The van der Waals surface area contributed by atoms with Gasteiger partial charge in [0.25, 0.3) is 11.8 Å². The number of carbonyl (C=O) groups is 6. The second kappa shape index (κ2) is 22.9. The Hall–Kier alpha value is -3.72. The summed E-state index contributed by atoms with van der Waals surface area (Å²) in [7, 11) is 2.98. The molecule has 4 N–H and O–H groups in total. The average Bonchev–Trinajstić information content (AvgIpc) is 3.28. The Morgan fingerprint density at radius 3 is 2.00 bits per heavy atom. The van der Waals surface area contributed by atoms with E-state index in [1.54, 1.807) is 0 Å². The third kappa shape index (κ3) is 17.2. The molecule has 0 fully saturated rings. The molecule has 1 unspecified atom stereocenters. The molecule has 1 atom stereocenters. The maximum absolute atomic E-state index is 12.7. The zero-order valence-electron chi connectivity index (χ0n) is 24.6. The molecular formula is C27H45N5O10. The van der Waals surface area contributed by atoms with E-state index in [0.717, 1.165) is 12.8 Å². The van der Waals surface area contributed by atoms with E-state index < -0.39 is 24.1 Å². The average molecular weight is 600 g/mol. The largest absolute Gasteiger partial charge is 0.447 e. The molecule has 15 heteroatoms. The van der Waals surface area contributed by atoms with Gasteiger partial charge in [0.2, 0.25) is 11.8 Å². The number of methoxy groups -OCH3 is 2. The number of carbonyl (C=O) groups excluding carboxylic acids is 6. The first-order chi connectivity index (χ1) is 20.3. The minimum Gasteiger partial charge on any atom is -0.447 e. The van der Waals surface area contributed by atoms with Gasteiger partial charge in [0.1, 0.15) is 19.3 Å². The second-order valence-corrected chi connectivity index (χ2v) is 9.34. The predicted octanol–water partition coefficient (Wildman–Crippen LogP) is 0.378. The lowest BCUT2D eigenvalue weighted by Gasteiger charge is -2.18. The van der Waals surface area contributed by atoms with Crippen molar-refractivity contribution in [2.24, 2.45) is 0 Å². The van der Waals surface area contributed by atoms with Crippen molar-refractivity contribution in [3.63, 3.8) is 0 Å². The van der Waals surface area contributed by atoms with E-state index in [1.807, 2.05) is 0 Å². The SMILES string of the molecule is COCCOC(=O)NCCCCC(NC(=O)OCCOC)C(=O)NCCNC(=O)CCCCCCN1C(=O)C=CC1=O. The quantitative estimate of drug-likeness (QED) is 0.0943. The van der Waals surface area contributed by atoms with Crippen LogP contribution in [0.3, 0.4) is 0 Å². The molecule has 0 aromatic carbocycles. The second-order valence-electron chi connectivity index (χ2n) is 9.34. The van der Waals surface area contributed by atoms with E-state index in [-0.39, 0.29) is 50.6 Å². The Labute approximate surface area is 246 Å². The van der Waals surface area contributed by atoms with Crippen LogP contribution in [0.15, 0.2) is 12.2 Å². The zero-order valence-corrected chi connectivity index (χ0v) is 24.6. The summed E-state index contributed by atoms with van der Waals surface area (Å²) in [5.41, 5.74) is 0. The van der Waals surface area contributed by atoms with Gasteiger partial charge < -0.3 is 40.2 Å². The zero-order chi connectivity index (χ0) is 31.0. The first-order valence-electron chi connectivity index (χ1n) is 14.2. The number of alkyl carbamates (subject to hydrolysis) is 2. The van der Waals surface area contributed by atoms with Crippen LogP contribution in [0.5, 0.6) is 0 Å². The van der Waals surface area contributed by atoms with E-state index in [1.165, 1.54) is 31.3 Å². The van der Waals surface area contributed by atoms with Gasteiger partial charge >= 0.3 is 12.2 Å². The van der Waals surface area contributed by atoms with Crippen molar-refractivity contribution >= 4 is 35.8 Å². The van der Waals surface area contributed by atoms with Crippen molar-refractivity contribution in [3.05, 3.63) is 12.2 Å². The number of hydrogen-bond acceptors (Lipinski definition) is 10. The van der Waals surface area contributed by atoms with Crippen LogP contribution in [0.4, 0.5) is 9.59 Å². The molecule has 6 amide bonds. The normalized spacial score (nSPS) is 13.0. The standard InChI is InChI=1S/C27H45N5O10/c1-39-17-19-41-26(37)30-13-7-6-9-21(31-27(38)42-20-18-40-2)25(36)29-15-14-28-22(33)10-5-3-4-8-16-32-23(34)11-12-24(32)35/h11-12,21H,3-10,13-20H2,1-2H3,(H,28,33)(H,29,36)(H,30,37)(H,31,38). The predicted molar refractivity (Wildman–Crippen MR) is 150 cm³/mol. The number of ether oxygens (including phenoxy) is 4. The van der Waals surface area contributed by atoms with Gasteiger partial charge in [-0.3, -0.25) is 24.1 Å². The maximum atomic E-state index is 12.7. The lowest BCUT2D eigenvalue weighted by Crippen LogP contribution is -2.48. The molecule has 238 valence electrons. The monoisotopic (exact) mass is 599 g/mol. The number of unbranched alkanes of at least 4 members (excludes halogenated alkanes) is 4.